The van der Waals surface area contributed by atoms with Gasteiger partial charge in [-0.2, -0.15) is 8.42 Å². The number of hydrogen-bond acceptors (Lipinski definition) is 4. The second-order valence-electron chi connectivity index (χ2n) is 4.53. The fourth-order valence-corrected chi connectivity index (χ4v) is 2.12. The maximum atomic E-state index is 10.5. The first-order chi connectivity index (χ1) is 8.93. The van der Waals surface area contributed by atoms with E-state index in [-0.39, 0.29) is 4.90 Å². The number of aliphatic hydroxyl groups excluding tert-OH is 1. The molecule has 1 aliphatic heterocycles. The summed E-state index contributed by atoms with van der Waals surface area (Å²) in [5.74, 6) is 0.517. The first kappa shape index (κ1) is 16.1. The molecule has 2 N–H and O–H groups in total. The zero-order valence-electron chi connectivity index (χ0n) is 10.9. The molecule has 0 radical (unpaired) electrons. The van der Waals surface area contributed by atoms with Crippen LogP contribution >= 0.6 is 0 Å². The van der Waals surface area contributed by atoms with Crippen LogP contribution in [0.4, 0.5) is 0 Å². The lowest BCUT2D eigenvalue weighted by Gasteiger charge is -2.18. The molecule has 5 nitrogen and oxygen atoms in total. The van der Waals surface area contributed by atoms with E-state index >= 15 is 0 Å². The smallest absolute Gasteiger partial charge is 0.294 e. The van der Waals surface area contributed by atoms with Gasteiger partial charge in [0.05, 0.1) is 4.90 Å². The van der Waals surface area contributed by atoms with Gasteiger partial charge < -0.3 is 9.84 Å². The zero-order valence-corrected chi connectivity index (χ0v) is 11.8. The van der Waals surface area contributed by atoms with Gasteiger partial charge in [-0.1, -0.05) is 17.7 Å². The van der Waals surface area contributed by atoms with E-state index in [0.29, 0.717) is 12.5 Å². The topological polar surface area (TPSA) is 83.8 Å². The maximum absolute atomic E-state index is 10.5. The first-order valence-electron chi connectivity index (χ1n) is 6.16. The molecule has 0 unspecified atom stereocenters. The number of aliphatic hydroxyl groups is 1. The second-order valence-corrected chi connectivity index (χ2v) is 5.95. The van der Waals surface area contributed by atoms with Crippen LogP contribution in [0.1, 0.15) is 18.4 Å². The second kappa shape index (κ2) is 7.59. The molecule has 1 aromatic rings. The Hall–Kier alpha value is -0.950. The van der Waals surface area contributed by atoms with Crippen LogP contribution in [0.5, 0.6) is 0 Å². The van der Waals surface area contributed by atoms with Crippen molar-refractivity contribution in [3.05, 3.63) is 29.8 Å². The minimum atomic E-state index is -4.02. The van der Waals surface area contributed by atoms with Crippen LogP contribution in [0.2, 0.25) is 0 Å². The average molecular weight is 288 g/mol. The Kier molecular flexibility index (Phi) is 6.44. The van der Waals surface area contributed by atoms with Gasteiger partial charge in [0.2, 0.25) is 0 Å². The van der Waals surface area contributed by atoms with Crippen molar-refractivity contribution >= 4 is 10.1 Å². The van der Waals surface area contributed by atoms with Crippen molar-refractivity contribution in [2.24, 2.45) is 5.92 Å². The van der Waals surface area contributed by atoms with Gasteiger partial charge in [-0.05, 0) is 37.8 Å². The molecule has 1 saturated heterocycles. The molecule has 0 bridgehead atoms. The van der Waals surface area contributed by atoms with Crippen LogP contribution in [-0.4, -0.2) is 37.9 Å². The minimum Gasteiger partial charge on any atom is -0.396 e. The van der Waals surface area contributed by atoms with E-state index in [2.05, 4.69) is 0 Å². The highest BCUT2D eigenvalue weighted by Crippen LogP contribution is 2.12. The largest absolute Gasteiger partial charge is 0.396 e. The van der Waals surface area contributed by atoms with Crippen LogP contribution in [0.25, 0.3) is 0 Å². The Morgan fingerprint density at radius 2 is 1.74 bits per heavy atom. The van der Waals surface area contributed by atoms with Crippen LogP contribution < -0.4 is 0 Å². The summed E-state index contributed by atoms with van der Waals surface area (Å²) in [6.07, 6.45) is 2.08. The molecule has 1 fully saturated rings. The molecule has 1 aromatic carbocycles. The molecule has 0 spiro atoms. The number of hydrogen-bond donors (Lipinski definition) is 2. The summed E-state index contributed by atoms with van der Waals surface area (Å²) in [6, 6.07) is 5.99. The summed E-state index contributed by atoms with van der Waals surface area (Å²) < 4.78 is 34.6. The Bertz CT molecular complexity index is 460. The van der Waals surface area contributed by atoms with E-state index in [1.807, 2.05) is 6.92 Å². The molecule has 0 aromatic heterocycles. The molecule has 108 valence electrons. The fourth-order valence-electron chi connectivity index (χ4n) is 1.64. The Balaban J connectivity index is 0.000000200. The standard InChI is InChI=1S/C7H8O3S.C6H12O2/c1-6-2-4-7(5-3-6)11(8,9)10;7-5-6-1-3-8-4-2-6/h2-5H,1H3,(H,8,9,10);6-7H,1-5H2. The predicted octanol–water partition coefficient (Wildman–Crippen LogP) is 1.65. The van der Waals surface area contributed by atoms with Crippen molar-refractivity contribution in [2.75, 3.05) is 19.8 Å². The van der Waals surface area contributed by atoms with Crippen LogP contribution in [0.3, 0.4) is 0 Å². The highest BCUT2D eigenvalue weighted by Gasteiger charge is 2.11. The summed E-state index contributed by atoms with van der Waals surface area (Å²) in [4.78, 5) is -0.0666. The van der Waals surface area contributed by atoms with E-state index in [0.717, 1.165) is 31.6 Å². The number of aryl methyl sites for hydroxylation is 1. The molecular weight excluding hydrogens is 268 g/mol. The van der Waals surface area contributed by atoms with Crippen LogP contribution in [0, 0.1) is 12.8 Å². The molecule has 19 heavy (non-hydrogen) atoms. The predicted molar refractivity (Wildman–Crippen MR) is 71.6 cm³/mol. The monoisotopic (exact) mass is 288 g/mol. The Labute approximate surface area is 114 Å². The Morgan fingerprint density at radius 1 is 1.21 bits per heavy atom. The molecule has 0 amide bonds. The number of benzene rings is 1. The highest BCUT2D eigenvalue weighted by molar-refractivity contribution is 7.85. The van der Waals surface area contributed by atoms with Crippen molar-refractivity contribution in [1.82, 2.24) is 0 Å². The van der Waals surface area contributed by atoms with Crippen molar-refractivity contribution in [3.63, 3.8) is 0 Å². The lowest BCUT2D eigenvalue weighted by Crippen LogP contribution is -2.18. The molecule has 2 rings (SSSR count). The third-order valence-electron chi connectivity index (χ3n) is 2.92. The van der Waals surface area contributed by atoms with Gasteiger partial charge in [0.1, 0.15) is 0 Å². The summed E-state index contributed by atoms with van der Waals surface area (Å²) in [5.41, 5.74) is 0.956. The van der Waals surface area contributed by atoms with E-state index in [4.69, 9.17) is 14.4 Å². The van der Waals surface area contributed by atoms with E-state index < -0.39 is 10.1 Å². The summed E-state index contributed by atoms with van der Waals surface area (Å²) in [5, 5.41) is 8.64. The molecule has 0 aliphatic carbocycles. The SMILES string of the molecule is Cc1ccc(S(=O)(=O)O)cc1.OCC1CCOCC1. The van der Waals surface area contributed by atoms with Crippen molar-refractivity contribution in [2.45, 2.75) is 24.7 Å². The van der Waals surface area contributed by atoms with Gasteiger partial charge in [-0.3, -0.25) is 4.55 Å². The molecular formula is C13H20O5S. The Morgan fingerprint density at radius 3 is 2.11 bits per heavy atom. The van der Waals surface area contributed by atoms with E-state index in [1.54, 1.807) is 12.1 Å². The zero-order chi connectivity index (χ0) is 14.3. The lowest BCUT2D eigenvalue weighted by atomic mass is 10.0. The number of rotatable bonds is 2. The molecule has 1 aliphatic rings. The molecule has 0 atom stereocenters. The van der Waals surface area contributed by atoms with Gasteiger partial charge >= 0.3 is 0 Å². The quantitative estimate of drug-likeness (QED) is 0.808. The average Bonchev–Trinajstić information content (AvgIpc) is 2.40. The first-order valence-corrected chi connectivity index (χ1v) is 7.60. The van der Waals surface area contributed by atoms with Crippen LogP contribution in [-0.2, 0) is 14.9 Å². The molecule has 0 saturated carbocycles. The summed E-state index contributed by atoms with van der Waals surface area (Å²) in [6.45, 7) is 3.85. The fraction of sp³-hybridized carbons (Fsp3) is 0.538. The molecule has 1 heterocycles. The van der Waals surface area contributed by atoms with Crippen molar-refractivity contribution in [3.8, 4) is 0 Å². The highest BCUT2D eigenvalue weighted by atomic mass is 32.2. The van der Waals surface area contributed by atoms with Gasteiger partial charge in [-0.25, -0.2) is 0 Å². The van der Waals surface area contributed by atoms with Crippen LogP contribution in [0.15, 0.2) is 29.2 Å². The van der Waals surface area contributed by atoms with Crippen molar-refractivity contribution in [1.29, 1.82) is 0 Å². The van der Waals surface area contributed by atoms with Gasteiger partial charge in [0.25, 0.3) is 10.1 Å². The van der Waals surface area contributed by atoms with E-state index in [1.165, 1.54) is 12.1 Å². The lowest BCUT2D eigenvalue weighted by molar-refractivity contribution is 0.0455. The normalized spacial score (nSPS) is 16.6. The molecule has 6 heteroatoms. The summed E-state index contributed by atoms with van der Waals surface area (Å²) in [7, 11) is -4.02. The van der Waals surface area contributed by atoms with E-state index in [9.17, 15) is 8.42 Å². The van der Waals surface area contributed by atoms with Gasteiger partial charge in [-0.15, -0.1) is 0 Å². The number of ether oxygens (including phenoxy) is 1. The summed E-state index contributed by atoms with van der Waals surface area (Å²) >= 11 is 0. The van der Waals surface area contributed by atoms with Gasteiger partial charge in [0, 0.05) is 19.8 Å². The van der Waals surface area contributed by atoms with Gasteiger partial charge in [0.15, 0.2) is 0 Å². The minimum absolute atomic E-state index is 0.0666. The maximum Gasteiger partial charge on any atom is 0.294 e. The van der Waals surface area contributed by atoms with Crippen molar-refractivity contribution < 1.29 is 22.8 Å². The third-order valence-corrected chi connectivity index (χ3v) is 3.79. The third kappa shape index (κ3) is 6.15.